The summed E-state index contributed by atoms with van der Waals surface area (Å²) in [4.78, 5) is 19.7. The molecule has 0 radical (unpaired) electrons. The van der Waals surface area contributed by atoms with E-state index in [0.29, 0.717) is 25.9 Å². The molecule has 7 heteroatoms. The van der Waals surface area contributed by atoms with Gasteiger partial charge in [0.15, 0.2) is 0 Å². The second-order valence-corrected chi connectivity index (χ2v) is 9.91. The number of carbonyl (C=O) groups is 1. The Morgan fingerprint density at radius 1 is 1.17 bits per heavy atom. The quantitative estimate of drug-likeness (QED) is 0.366. The SMILES string of the molecule is CC(C)Oc1ccc(-c2ccc(/C=C3\SC(=S)N([C@H](C)C(C)C)C3=O)cn2)cc1Cl. The van der Waals surface area contributed by atoms with E-state index >= 15 is 0 Å². The van der Waals surface area contributed by atoms with Gasteiger partial charge in [0.1, 0.15) is 10.1 Å². The molecule has 1 fully saturated rings. The van der Waals surface area contributed by atoms with Gasteiger partial charge in [-0.15, -0.1) is 0 Å². The minimum Gasteiger partial charge on any atom is -0.489 e. The lowest BCUT2D eigenvalue weighted by molar-refractivity contribution is -0.123. The van der Waals surface area contributed by atoms with Crippen molar-refractivity contribution >= 4 is 51.9 Å². The number of carbonyl (C=O) groups excluding carboxylic acids is 1. The van der Waals surface area contributed by atoms with Gasteiger partial charge in [-0.1, -0.05) is 55.5 Å². The Hall–Kier alpha value is -1.89. The maximum atomic E-state index is 12.8. The van der Waals surface area contributed by atoms with Crippen LogP contribution in [0.5, 0.6) is 5.75 Å². The molecular weight excluding hydrogens is 436 g/mol. The standard InChI is InChI=1S/C23H25ClN2O2S2/c1-13(2)15(5)26-22(27)21(30-23(26)29)10-16-6-8-19(25-12-16)17-7-9-20(18(24)11-17)28-14(3)4/h6-15H,1-5H3/b21-10-/t15-/m1/s1. The Morgan fingerprint density at radius 2 is 1.90 bits per heavy atom. The van der Waals surface area contributed by atoms with Gasteiger partial charge >= 0.3 is 0 Å². The Balaban J connectivity index is 1.79. The summed E-state index contributed by atoms with van der Waals surface area (Å²) in [7, 11) is 0. The monoisotopic (exact) mass is 460 g/mol. The van der Waals surface area contributed by atoms with Gasteiger partial charge in [0.25, 0.3) is 5.91 Å². The summed E-state index contributed by atoms with van der Waals surface area (Å²) >= 11 is 13.1. The molecule has 0 N–H and O–H groups in total. The third kappa shape index (κ3) is 5.05. The van der Waals surface area contributed by atoms with E-state index in [-0.39, 0.29) is 18.1 Å². The zero-order valence-corrected chi connectivity index (χ0v) is 20.1. The third-order valence-electron chi connectivity index (χ3n) is 4.87. The highest BCUT2D eigenvalue weighted by atomic mass is 35.5. The molecule has 0 aliphatic carbocycles. The van der Waals surface area contributed by atoms with Gasteiger partial charge < -0.3 is 4.74 Å². The average molecular weight is 461 g/mol. The van der Waals surface area contributed by atoms with Crippen LogP contribution in [0.1, 0.15) is 40.2 Å². The van der Waals surface area contributed by atoms with Gasteiger partial charge in [-0.05, 0) is 62.6 Å². The first-order valence-electron chi connectivity index (χ1n) is 9.87. The molecule has 0 saturated carbocycles. The molecule has 1 aromatic carbocycles. The predicted octanol–water partition coefficient (Wildman–Crippen LogP) is 6.43. The minimum atomic E-state index is -0.0391. The van der Waals surface area contributed by atoms with Crippen molar-refractivity contribution < 1.29 is 9.53 Å². The number of ether oxygens (including phenoxy) is 1. The Labute approximate surface area is 192 Å². The molecule has 3 rings (SSSR count). The first-order chi connectivity index (χ1) is 14.2. The zero-order valence-electron chi connectivity index (χ0n) is 17.7. The van der Waals surface area contributed by atoms with E-state index in [9.17, 15) is 4.79 Å². The minimum absolute atomic E-state index is 0.0391. The number of hydrogen-bond donors (Lipinski definition) is 0. The van der Waals surface area contributed by atoms with Crippen LogP contribution in [-0.4, -0.2) is 32.3 Å². The molecule has 0 bridgehead atoms. The highest BCUT2D eigenvalue weighted by Crippen LogP contribution is 2.35. The number of thiocarbonyl (C=S) groups is 1. The van der Waals surface area contributed by atoms with E-state index in [0.717, 1.165) is 16.8 Å². The molecule has 0 unspecified atom stereocenters. The van der Waals surface area contributed by atoms with Crippen LogP contribution in [0.4, 0.5) is 0 Å². The summed E-state index contributed by atoms with van der Waals surface area (Å²) in [5, 5.41) is 0.551. The maximum Gasteiger partial charge on any atom is 0.266 e. The van der Waals surface area contributed by atoms with Gasteiger partial charge in [0, 0.05) is 17.8 Å². The molecule has 0 spiro atoms. The molecule has 1 amide bonds. The summed E-state index contributed by atoms with van der Waals surface area (Å²) in [6, 6.07) is 9.56. The van der Waals surface area contributed by atoms with Crippen molar-refractivity contribution in [2.75, 3.05) is 0 Å². The second kappa shape index (κ2) is 9.50. The lowest BCUT2D eigenvalue weighted by atomic mass is 10.1. The number of aromatic nitrogens is 1. The summed E-state index contributed by atoms with van der Waals surface area (Å²) in [5.41, 5.74) is 2.55. The fourth-order valence-electron chi connectivity index (χ4n) is 2.95. The van der Waals surface area contributed by atoms with Crippen molar-refractivity contribution in [1.82, 2.24) is 9.88 Å². The normalized spacial score (nSPS) is 16.8. The molecule has 158 valence electrons. The largest absolute Gasteiger partial charge is 0.489 e. The van der Waals surface area contributed by atoms with Crippen LogP contribution in [0.15, 0.2) is 41.4 Å². The van der Waals surface area contributed by atoms with Crippen LogP contribution in [0.25, 0.3) is 17.3 Å². The van der Waals surface area contributed by atoms with E-state index in [2.05, 4.69) is 18.8 Å². The topological polar surface area (TPSA) is 42.4 Å². The number of thioether (sulfide) groups is 1. The Kier molecular flexibility index (Phi) is 7.22. The number of hydrogen-bond acceptors (Lipinski definition) is 5. The molecule has 2 heterocycles. The number of halogens is 1. The molecule has 1 saturated heterocycles. The number of pyridine rings is 1. The summed E-state index contributed by atoms with van der Waals surface area (Å²) < 4.78 is 6.29. The molecule has 1 aromatic heterocycles. The van der Waals surface area contributed by atoms with Crippen molar-refractivity contribution in [2.24, 2.45) is 5.92 Å². The van der Waals surface area contributed by atoms with Crippen LogP contribution < -0.4 is 4.74 Å². The van der Waals surface area contributed by atoms with Gasteiger partial charge in [-0.3, -0.25) is 14.7 Å². The first kappa shape index (κ1) is 22.8. The van der Waals surface area contributed by atoms with Crippen molar-refractivity contribution in [2.45, 2.75) is 46.8 Å². The fourth-order valence-corrected chi connectivity index (χ4v) is 4.61. The second-order valence-electron chi connectivity index (χ2n) is 7.82. The highest BCUT2D eigenvalue weighted by molar-refractivity contribution is 8.26. The summed E-state index contributed by atoms with van der Waals surface area (Å²) in [5.74, 6) is 0.949. The third-order valence-corrected chi connectivity index (χ3v) is 6.50. The van der Waals surface area contributed by atoms with Crippen molar-refractivity contribution in [3.05, 3.63) is 52.0 Å². The Morgan fingerprint density at radius 3 is 2.47 bits per heavy atom. The lowest BCUT2D eigenvalue weighted by Gasteiger charge is -2.26. The molecular formula is C23H25ClN2O2S2. The summed E-state index contributed by atoms with van der Waals surface area (Å²) in [6.07, 6.45) is 3.65. The van der Waals surface area contributed by atoms with Crippen LogP contribution in [0.3, 0.4) is 0 Å². The zero-order chi connectivity index (χ0) is 22.0. The van der Waals surface area contributed by atoms with Gasteiger partial charge in [-0.25, -0.2) is 0 Å². The van der Waals surface area contributed by atoms with Crippen molar-refractivity contribution in [1.29, 1.82) is 0 Å². The molecule has 1 atom stereocenters. The van der Waals surface area contributed by atoms with Crippen LogP contribution in [-0.2, 0) is 4.79 Å². The van der Waals surface area contributed by atoms with Crippen LogP contribution in [0.2, 0.25) is 5.02 Å². The molecule has 1 aliphatic rings. The number of amides is 1. The van der Waals surface area contributed by atoms with E-state index < -0.39 is 0 Å². The van der Waals surface area contributed by atoms with Crippen LogP contribution in [0, 0.1) is 5.92 Å². The average Bonchev–Trinajstić information content (AvgIpc) is 2.96. The highest BCUT2D eigenvalue weighted by Gasteiger charge is 2.36. The predicted molar refractivity (Wildman–Crippen MR) is 130 cm³/mol. The Bertz CT molecular complexity index is 987. The number of benzene rings is 1. The van der Waals surface area contributed by atoms with Crippen molar-refractivity contribution in [3.8, 4) is 17.0 Å². The van der Waals surface area contributed by atoms with Gasteiger partial charge in [0.05, 0.1) is 21.7 Å². The molecule has 2 aromatic rings. The number of nitrogens with zero attached hydrogens (tertiary/aromatic N) is 2. The lowest BCUT2D eigenvalue weighted by Crippen LogP contribution is -2.39. The van der Waals surface area contributed by atoms with Crippen LogP contribution >= 0.6 is 35.6 Å². The summed E-state index contributed by atoms with van der Waals surface area (Å²) in [6.45, 7) is 10.1. The van der Waals surface area contributed by atoms with Gasteiger partial charge in [0.2, 0.25) is 0 Å². The maximum absolute atomic E-state index is 12.8. The molecule has 30 heavy (non-hydrogen) atoms. The van der Waals surface area contributed by atoms with Crippen molar-refractivity contribution in [3.63, 3.8) is 0 Å². The smallest absolute Gasteiger partial charge is 0.266 e. The van der Waals surface area contributed by atoms with E-state index in [1.807, 2.05) is 57.2 Å². The van der Waals surface area contributed by atoms with E-state index in [4.69, 9.17) is 28.6 Å². The molecule has 1 aliphatic heterocycles. The fraction of sp³-hybridized carbons (Fsp3) is 0.348. The first-order valence-corrected chi connectivity index (χ1v) is 11.5. The van der Waals surface area contributed by atoms with Gasteiger partial charge in [-0.2, -0.15) is 0 Å². The van der Waals surface area contributed by atoms with E-state index in [1.54, 1.807) is 11.1 Å². The number of rotatable bonds is 6. The van der Waals surface area contributed by atoms with E-state index in [1.165, 1.54) is 11.8 Å². The molecule has 4 nitrogen and oxygen atoms in total.